The van der Waals surface area contributed by atoms with Gasteiger partial charge in [0, 0.05) is 37.0 Å². The van der Waals surface area contributed by atoms with Crippen molar-refractivity contribution in [1.82, 2.24) is 5.32 Å². The highest BCUT2D eigenvalue weighted by Gasteiger charge is 2.43. The van der Waals surface area contributed by atoms with Gasteiger partial charge in [0.15, 0.2) is 6.29 Å². The Balaban J connectivity index is 1.45. The number of aliphatic hydroxyl groups excluding tert-OH is 4. The lowest BCUT2D eigenvalue weighted by atomic mass is 9.99. The Labute approximate surface area is 232 Å². The number of hydrogen-bond donors (Lipinski definition) is 5. The molecule has 1 saturated heterocycles. The summed E-state index contributed by atoms with van der Waals surface area (Å²) in [6.45, 7) is 6.07. The van der Waals surface area contributed by atoms with Crippen LogP contribution >= 0.6 is 0 Å². The van der Waals surface area contributed by atoms with Crippen LogP contribution in [0.4, 0.5) is 5.69 Å². The quantitative estimate of drug-likeness (QED) is 0.189. The maximum absolute atomic E-state index is 12.6. The molecule has 1 aliphatic heterocycles. The smallest absolute Gasteiger partial charge is 0.262 e. The minimum atomic E-state index is -1.72. The van der Waals surface area contributed by atoms with Gasteiger partial charge in [0.1, 0.15) is 47.6 Å². The Morgan fingerprint density at radius 2 is 1.68 bits per heavy atom. The van der Waals surface area contributed by atoms with Crippen molar-refractivity contribution >= 4 is 28.4 Å². The van der Waals surface area contributed by atoms with E-state index in [0.717, 1.165) is 42.3 Å². The summed E-state index contributed by atoms with van der Waals surface area (Å²) in [4.78, 5) is 15.0. The molecule has 0 radical (unpaired) electrons. The molecule has 3 aromatic rings. The van der Waals surface area contributed by atoms with Crippen LogP contribution in [0.1, 0.15) is 32.4 Å². The molecule has 0 spiro atoms. The second kappa shape index (κ2) is 13.1. The summed E-state index contributed by atoms with van der Waals surface area (Å²) in [5.41, 5.74) is 1.80. The molecular weight excluding hydrogens is 514 g/mol. The average Bonchev–Trinajstić information content (AvgIpc) is 3.43. The summed E-state index contributed by atoms with van der Waals surface area (Å²) < 4.78 is 10.9. The van der Waals surface area contributed by atoms with Crippen molar-refractivity contribution in [1.29, 1.82) is 5.26 Å². The number of furan rings is 1. The summed E-state index contributed by atoms with van der Waals surface area (Å²) in [6, 6.07) is 17.7. The van der Waals surface area contributed by atoms with E-state index in [2.05, 4.69) is 42.3 Å². The standard InChI is InChI=1S/C30H35N3O7/c1-3-11-33(12-4-2)22-8-7-18-13-20(6-5-19(18)14-22)24-10-9-23(39-24)15-21(16-31)29(37)32-17-25-26(34)27(35)28(36)30(38)40-25/h5-10,13-15,25-28,30,34-36,38H,3-4,11-12,17H2,1-2H3,(H,32,37)/b21-15+/t25-,26-,27+,28-,30?/m1/s1. The number of fused-ring (bicyclic) bond motifs is 1. The van der Waals surface area contributed by atoms with Crippen molar-refractivity contribution < 1.29 is 34.4 Å². The van der Waals surface area contributed by atoms with Crippen LogP contribution < -0.4 is 10.2 Å². The van der Waals surface area contributed by atoms with E-state index in [9.17, 15) is 30.5 Å². The number of rotatable bonds is 10. The molecule has 1 aliphatic rings. The number of benzene rings is 2. The molecular formula is C30H35N3O7. The van der Waals surface area contributed by atoms with Gasteiger partial charge in [-0.15, -0.1) is 0 Å². The van der Waals surface area contributed by atoms with Gasteiger partial charge in [0.05, 0.1) is 0 Å². The van der Waals surface area contributed by atoms with E-state index in [-0.39, 0.29) is 12.1 Å². The molecule has 1 aromatic heterocycles. The second-order valence-corrected chi connectivity index (χ2v) is 9.85. The molecule has 2 aromatic carbocycles. The number of ether oxygens (including phenoxy) is 1. The average molecular weight is 550 g/mol. The molecule has 5 N–H and O–H groups in total. The third kappa shape index (κ3) is 6.53. The molecule has 0 aliphatic carbocycles. The minimum absolute atomic E-state index is 0.248. The number of carbonyl (C=O) groups excluding carboxylic acids is 1. The van der Waals surface area contributed by atoms with Crippen molar-refractivity contribution in [2.75, 3.05) is 24.5 Å². The van der Waals surface area contributed by atoms with Crippen molar-refractivity contribution in [2.24, 2.45) is 0 Å². The van der Waals surface area contributed by atoms with Gasteiger partial charge in [-0.05, 0) is 53.9 Å². The van der Waals surface area contributed by atoms with Gasteiger partial charge in [-0.25, -0.2) is 0 Å². The van der Waals surface area contributed by atoms with Gasteiger partial charge in [0.2, 0.25) is 0 Å². The normalized spacial score (nSPS) is 23.1. The van der Waals surface area contributed by atoms with Gasteiger partial charge in [-0.3, -0.25) is 4.79 Å². The maximum atomic E-state index is 12.6. The molecule has 4 rings (SSSR count). The second-order valence-electron chi connectivity index (χ2n) is 9.85. The van der Waals surface area contributed by atoms with E-state index in [1.807, 2.05) is 24.3 Å². The van der Waals surface area contributed by atoms with Crippen LogP contribution in [-0.4, -0.2) is 76.7 Å². The van der Waals surface area contributed by atoms with E-state index in [1.165, 1.54) is 11.8 Å². The van der Waals surface area contributed by atoms with Gasteiger partial charge in [0.25, 0.3) is 5.91 Å². The Hall–Kier alpha value is -3.72. The van der Waals surface area contributed by atoms with Crippen molar-refractivity contribution in [2.45, 2.75) is 57.4 Å². The van der Waals surface area contributed by atoms with Crippen LogP contribution in [0.3, 0.4) is 0 Å². The van der Waals surface area contributed by atoms with Crippen LogP contribution in [-0.2, 0) is 9.53 Å². The van der Waals surface area contributed by atoms with E-state index >= 15 is 0 Å². The highest BCUT2D eigenvalue weighted by Crippen LogP contribution is 2.29. The SMILES string of the molecule is CCCN(CCC)c1ccc2cc(-c3ccc(/C=C(\C#N)C(=O)NC[C@H]4OC(O)[C@H](O)[C@@H](O)[C@@H]4O)o3)ccc2c1. The third-order valence-corrected chi connectivity index (χ3v) is 6.89. The fourth-order valence-corrected chi connectivity index (χ4v) is 4.76. The molecule has 0 bridgehead atoms. The van der Waals surface area contributed by atoms with Gasteiger partial charge in [-0.2, -0.15) is 5.26 Å². The Bertz CT molecular complexity index is 1390. The zero-order valence-corrected chi connectivity index (χ0v) is 22.5. The summed E-state index contributed by atoms with van der Waals surface area (Å²) in [7, 11) is 0. The number of carbonyl (C=O) groups is 1. The van der Waals surface area contributed by atoms with Crippen LogP contribution in [0.15, 0.2) is 58.5 Å². The van der Waals surface area contributed by atoms with Crippen molar-refractivity contribution in [3.05, 3.63) is 59.9 Å². The maximum Gasteiger partial charge on any atom is 0.262 e. The fraction of sp³-hybridized carbons (Fsp3) is 0.400. The number of aliphatic hydroxyl groups is 4. The number of nitrogens with one attached hydrogen (secondary N) is 1. The van der Waals surface area contributed by atoms with Crippen LogP contribution in [0.25, 0.3) is 28.2 Å². The molecule has 10 heteroatoms. The first-order chi connectivity index (χ1) is 19.2. The first-order valence-corrected chi connectivity index (χ1v) is 13.4. The summed E-state index contributed by atoms with van der Waals surface area (Å²) in [5, 5.41) is 53.2. The predicted octanol–water partition coefficient (Wildman–Crippen LogP) is 2.55. The molecule has 0 saturated carbocycles. The Morgan fingerprint density at radius 1 is 0.975 bits per heavy atom. The van der Waals surface area contributed by atoms with Crippen molar-refractivity contribution in [3.8, 4) is 17.4 Å². The Kier molecular flexibility index (Phi) is 9.58. The zero-order chi connectivity index (χ0) is 28.8. The van der Waals surface area contributed by atoms with E-state index in [0.29, 0.717) is 11.5 Å². The highest BCUT2D eigenvalue weighted by atomic mass is 16.6. The molecule has 1 unspecified atom stereocenters. The first-order valence-electron chi connectivity index (χ1n) is 13.4. The van der Waals surface area contributed by atoms with Crippen LogP contribution in [0.5, 0.6) is 0 Å². The monoisotopic (exact) mass is 549 g/mol. The van der Waals surface area contributed by atoms with E-state index < -0.39 is 36.6 Å². The van der Waals surface area contributed by atoms with Crippen LogP contribution in [0, 0.1) is 11.3 Å². The topological polar surface area (TPSA) is 159 Å². The minimum Gasteiger partial charge on any atom is -0.457 e. The van der Waals surface area contributed by atoms with E-state index in [1.54, 1.807) is 12.1 Å². The number of amides is 1. The highest BCUT2D eigenvalue weighted by molar-refractivity contribution is 6.01. The molecule has 212 valence electrons. The van der Waals surface area contributed by atoms with Crippen LogP contribution in [0.2, 0.25) is 0 Å². The zero-order valence-electron chi connectivity index (χ0n) is 22.5. The van der Waals surface area contributed by atoms with Gasteiger partial charge in [-0.1, -0.05) is 32.0 Å². The van der Waals surface area contributed by atoms with Gasteiger partial charge >= 0.3 is 0 Å². The summed E-state index contributed by atoms with van der Waals surface area (Å²) in [5.74, 6) is 0.122. The van der Waals surface area contributed by atoms with E-state index in [4.69, 9.17) is 9.15 Å². The first kappa shape index (κ1) is 29.3. The molecule has 2 heterocycles. The van der Waals surface area contributed by atoms with Gasteiger partial charge < -0.3 is 39.8 Å². The third-order valence-electron chi connectivity index (χ3n) is 6.89. The van der Waals surface area contributed by atoms with Crippen molar-refractivity contribution in [3.63, 3.8) is 0 Å². The molecule has 1 amide bonds. The lowest BCUT2D eigenvalue weighted by molar-refractivity contribution is -0.280. The Morgan fingerprint density at radius 3 is 2.38 bits per heavy atom. The molecule has 40 heavy (non-hydrogen) atoms. The largest absolute Gasteiger partial charge is 0.457 e. The number of nitriles is 1. The molecule has 5 atom stereocenters. The number of hydrogen-bond acceptors (Lipinski definition) is 9. The molecule has 1 fully saturated rings. The number of nitrogens with zero attached hydrogens (tertiary/aromatic N) is 2. The number of anilines is 1. The lowest BCUT2D eigenvalue weighted by Crippen LogP contribution is -2.60. The fourth-order valence-electron chi connectivity index (χ4n) is 4.76. The summed E-state index contributed by atoms with van der Waals surface area (Å²) >= 11 is 0. The lowest BCUT2D eigenvalue weighted by Gasteiger charge is -2.38. The molecule has 10 nitrogen and oxygen atoms in total. The predicted molar refractivity (Wildman–Crippen MR) is 150 cm³/mol. The summed E-state index contributed by atoms with van der Waals surface area (Å²) in [6.07, 6.45) is -4.30.